The third-order valence-electron chi connectivity index (χ3n) is 3.61. The molecular formula is C14H22F2N2O2S. The summed E-state index contributed by atoms with van der Waals surface area (Å²) < 4.78 is 48.6. The highest BCUT2D eigenvalue weighted by molar-refractivity contribution is 7.91. The molecule has 0 aliphatic rings. The van der Waals surface area contributed by atoms with Gasteiger partial charge in [-0.3, -0.25) is 0 Å². The number of alkyl halides is 2. The van der Waals surface area contributed by atoms with Crippen LogP contribution < -0.4 is 11.1 Å². The lowest BCUT2D eigenvalue weighted by Crippen LogP contribution is -2.36. The molecule has 3 N–H and O–H groups in total. The lowest BCUT2D eigenvalue weighted by atomic mass is 9.95. The van der Waals surface area contributed by atoms with Gasteiger partial charge in [0, 0.05) is 12.6 Å². The molecule has 0 heterocycles. The Balaban J connectivity index is 2.91. The van der Waals surface area contributed by atoms with Gasteiger partial charge < -0.3 is 11.1 Å². The second-order valence-corrected chi connectivity index (χ2v) is 6.81. The van der Waals surface area contributed by atoms with E-state index in [2.05, 4.69) is 5.32 Å². The molecular weight excluding hydrogens is 298 g/mol. The van der Waals surface area contributed by atoms with Gasteiger partial charge in [0.25, 0.3) is 0 Å². The number of nitrogens with two attached hydrogens (primary N) is 1. The molecule has 0 radical (unpaired) electrons. The van der Waals surface area contributed by atoms with Gasteiger partial charge >= 0.3 is 5.76 Å². The molecule has 0 spiro atoms. The molecule has 0 aliphatic heterocycles. The fraction of sp³-hybridized carbons (Fsp3) is 0.571. The predicted molar refractivity (Wildman–Crippen MR) is 80.2 cm³/mol. The number of sulfone groups is 1. The van der Waals surface area contributed by atoms with E-state index in [0.29, 0.717) is 12.5 Å². The van der Waals surface area contributed by atoms with Crippen LogP contribution in [0, 0.1) is 5.92 Å². The quantitative estimate of drug-likeness (QED) is 0.772. The molecule has 1 aromatic carbocycles. The van der Waals surface area contributed by atoms with Crippen molar-refractivity contribution in [1.82, 2.24) is 0 Å². The van der Waals surface area contributed by atoms with Crippen LogP contribution in [0.1, 0.15) is 26.7 Å². The van der Waals surface area contributed by atoms with Crippen LogP contribution >= 0.6 is 0 Å². The Morgan fingerprint density at radius 2 is 1.76 bits per heavy atom. The van der Waals surface area contributed by atoms with Crippen LogP contribution in [-0.2, 0) is 9.84 Å². The predicted octanol–water partition coefficient (Wildman–Crippen LogP) is 2.86. The Kier molecular flexibility index (Phi) is 6.54. The number of hydrogen-bond acceptors (Lipinski definition) is 4. The van der Waals surface area contributed by atoms with Gasteiger partial charge in [-0.05, 0) is 18.1 Å². The maximum atomic E-state index is 12.7. The largest absolute Gasteiger partial charge is 0.382 e. The summed E-state index contributed by atoms with van der Waals surface area (Å²) in [7, 11) is -4.62. The summed E-state index contributed by atoms with van der Waals surface area (Å²) in [4.78, 5) is -0.392. The van der Waals surface area contributed by atoms with Crippen molar-refractivity contribution >= 4 is 15.5 Å². The molecule has 0 saturated heterocycles. The summed E-state index contributed by atoms with van der Waals surface area (Å²) in [6.07, 6.45) is 1.83. The molecule has 1 rings (SSSR count). The molecule has 0 amide bonds. The first-order valence-electron chi connectivity index (χ1n) is 6.95. The third kappa shape index (κ3) is 4.38. The Bertz CT molecular complexity index is 546. The molecule has 0 saturated carbocycles. The first-order valence-corrected chi connectivity index (χ1v) is 8.49. The van der Waals surface area contributed by atoms with E-state index in [9.17, 15) is 17.2 Å². The van der Waals surface area contributed by atoms with E-state index in [1.807, 2.05) is 13.8 Å². The molecule has 0 aliphatic carbocycles. The molecule has 7 heteroatoms. The van der Waals surface area contributed by atoms with Gasteiger partial charge in [-0.2, -0.15) is 8.78 Å². The molecule has 1 aromatic rings. The summed E-state index contributed by atoms with van der Waals surface area (Å²) in [5.74, 6) is -3.13. The zero-order valence-corrected chi connectivity index (χ0v) is 13.0. The SMILES string of the molecule is CCC(CC)C(N)CNc1ccccc1S(=O)(=O)C(F)F. The van der Waals surface area contributed by atoms with Gasteiger partial charge in [0.1, 0.15) is 0 Å². The summed E-state index contributed by atoms with van der Waals surface area (Å²) in [6, 6.07) is 5.49. The van der Waals surface area contributed by atoms with Crippen molar-refractivity contribution in [1.29, 1.82) is 0 Å². The summed E-state index contributed by atoms with van der Waals surface area (Å²) in [6.45, 7) is 4.40. The number of nitrogens with one attached hydrogen (secondary N) is 1. The lowest BCUT2D eigenvalue weighted by Gasteiger charge is -2.22. The molecule has 120 valence electrons. The average Bonchev–Trinajstić information content (AvgIpc) is 2.46. The lowest BCUT2D eigenvalue weighted by molar-refractivity contribution is 0.235. The first-order chi connectivity index (χ1) is 9.84. The molecule has 0 aromatic heterocycles. The number of halogens is 2. The van der Waals surface area contributed by atoms with Crippen molar-refractivity contribution in [2.75, 3.05) is 11.9 Å². The highest BCUT2D eigenvalue weighted by atomic mass is 32.2. The van der Waals surface area contributed by atoms with Crippen LogP contribution in [0.15, 0.2) is 29.2 Å². The average molecular weight is 320 g/mol. The van der Waals surface area contributed by atoms with Crippen LogP contribution in [0.25, 0.3) is 0 Å². The zero-order chi connectivity index (χ0) is 16.0. The summed E-state index contributed by atoms with van der Waals surface area (Å²) >= 11 is 0. The highest BCUT2D eigenvalue weighted by Gasteiger charge is 2.29. The fourth-order valence-corrected chi connectivity index (χ4v) is 3.15. The van der Waals surface area contributed by atoms with Gasteiger partial charge in [-0.15, -0.1) is 0 Å². The van der Waals surface area contributed by atoms with Crippen molar-refractivity contribution < 1.29 is 17.2 Å². The van der Waals surface area contributed by atoms with Crippen molar-refractivity contribution in [3.8, 4) is 0 Å². The summed E-state index contributed by atoms with van der Waals surface area (Å²) in [5, 5.41) is 2.89. The van der Waals surface area contributed by atoms with Crippen LogP contribution in [0.5, 0.6) is 0 Å². The van der Waals surface area contributed by atoms with Crippen molar-refractivity contribution in [2.24, 2.45) is 11.7 Å². The van der Waals surface area contributed by atoms with Gasteiger partial charge in [0.05, 0.1) is 10.6 Å². The van der Waals surface area contributed by atoms with E-state index in [0.717, 1.165) is 12.8 Å². The van der Waals surface area contributed by atoms with Crippen molar-refractivity contribution in [2.45, 2.75) is 43.4 Å². The number of benzene rings is 1. The standard InChI is InChI=1S/C14H22F2N2O2S/c1-3-10(4-2)11(17)9-18-12-7-5-6-8-13(12)21(19,20)14(15)16/h5-8,10-11,14,18H,3-4,9,17H2,1-2H3. The van der Waals surface area contributed by atoms with Crippen molar-refractivity contribution in [3.05, 3.63) is 24.3 Å². The van der Waals surface area contributed by atoms with Gasteiger partial charge in [0.15, 0.2) is 0 Å². The molecule has 0 fully saturated rings. The minimum Gasteiger partial charge on any atom is -0.382 e. The van der Waals surface area contributed by atoms with Crippen LogP contribution in [0.3, 0.4) is 0 Å². The second kappa shape index (κ2) is 7.70. The Hall–Kier alpha value is -1.21. The minimum absolute atomic E-state index is 0.165. The van der Waals surface area contributed by atoms with E-state index in [-0.39, 0.29) is 11.7 Å². The Labute approximate surface area is 124 Å². The molecule has 0 bridgehead atoms. The molecule has 21 heavy (non-hydrogen) atoms. The Morgan fingerprint density at radius 1 is 1.19 bits per heavy atom. The number of rotatable bonds is 8. The topological polar surface area (TPSA) is 72.2 Å². The molecule has 1 unspecified atom stereocenters. The van der Waals surface area contributed by atoms with E-state index < -0.39 is 20.5 Å². The molecule has 4 nitrogen and oxygen atoms in total. The van der Waals surface area contributed by atoms with Crippen LogP contribution in [-0.4, -0.2) is 26.8 Å². The number of anilines is 1. The first kappa shape index (κ1) is 17.8. The zero-order valence-electron chi connectivity index (χ0n) is 12.2. The van der Waals surface area contributed by atoms with E-state index in [1.54, 1.807) is 6.07 Å². The number of hydrogen-bond donors (Lipinski definition) is 2. The van der Waals surface area contributed by atoms with E-state index >= 15 is 0 Å². The van der Waals surface area contributed by atoms with Gasteiger partial charge in [-0.25, -0.2) is 8.42 Å². The van der Waals surface area contributed by atoms with Crippen LogP contribution in [0.4, 0.5) is 14.5 Å². The normalized spacial score (nSPS) is 13.7. The minimum atomic E-state index is -4.62. The smallest absolute Gasteiger partial charge is 0.341 e. The highest BCUT2D eigenvalue weighted by Crippen LogP contribution is 2.26. The fourth-order valence-electron chi connectivity index (χ4n) is 2.25. The van der Waals surface area contributed by atoms with E-state index in [4.69, 9.17) is 5.73 Å². The maximum absolute atomic E-state index is 12.7. The van der Waals surface area contributed by atoms with Crippen LogP contribution in [0.2, 0.25) is 0 Å². The maximum Gasteiger partial charge on any atom is 0.341 e. The number of para-hydroxylation sites is 1. The van der Waals surface area contributed by atoms with Crippen molar-refractivity contribution in [3.63, 3.8) is 0 Å². The second-order valence-electron chi connectivity index (χ2n) is 4.92. The third-order valence-corrected chi connectivity index (χ3v) is 5.05. The monoisotopic (exact) mass is 320 g/mol. The van der Waals surface area contributed by atoms with Gasteiger partial charge in [0.2, 0.25) is 9.84 Å². The Morgan fingerprint density at radius 3 is 2.29 bits per heavy atom. The summed E-state index contributed by atoms with van der Waals surface area (Å²) in [5.41, 5.74) is 6.21. The molecule has 1 atom stereocenters. The van der Waals surface area contributed by atoms with Gasteiger partial charge in [-0.1, -0.05) is 38.8 Å². The van der Waals surface area contributed by atoms with E-state index in [1.165, 1.54) is 18.2 Å².